The van der Waals surface area contributed by atoms with Gasteiger partial charge in [0.1, 0.15) is 0 Å². The second-order valence-corrected chi connectivity index (χ2v) is 6.37. The van der Waals surface area contributed by atoms with E-state index in [9.17, 15) is 0 Å². The largest absolute Gasteiger partial charge is 0.314 e. The third-order valence-electron chi connectivity index (χ3n) is 4.39. The van der Waals surface area contributed by atoms with Crippen molar-refractivity contribution in [2.75, 3.05) is 6.54 Å². The van der Waals surface area contributed by atoms with Gasteiger partial charge >= 0.3 is 0 Å². The molecule has 1 aliphatic carbocycles. The molecule has 0 aromatic rings. The van der Waals surface area contributed by atoms with Crippen LogP contribution in [0.25, 0.3) is 0 Å². The van der Waals surface area contributed by atoms with Gasteiger partial charge in [0.25, 0.3) is 0 Å². The Morgan fingerprint density at radius 2 is 1.94 bits per heavy atom. The maximum atomic E-state index is 3.79. The first-order valence-electron chi connectivity index (χ1n) is 7.90. The second kappa shape index (κ2) is 8.13. The van der Waals surface area contributed by atoms with E-state index >= 15 is 0 Å². The normalized spacial score (nSPS) is 31.4. The Morgan fingerprint density at radius 3 is 2.59 bits per heavy atom. The predicted octanol–water partition coefficient (Wildman–Crippen LogP) is 4.62. The summed E-state index contributed by atoms with van der Waals surface area (Å²) in [5.74, 6) is 2.81. The summed E-state index contributed by atoms with van der Waals surface area (Å²) in [4.78, 5) is 0. The molecule has 102 valence electrons. The molecular weight excluding hydrogens is 206 g/mol. The molecule has 1 aliphatic rings. The monoisotopic (exact) mass is 239 g/mol. The Labute approximate surface area is 109 Å². The molecular formula is C16H33N. The van der Waals surface area contributed by atoms with Crippen molar-refractivity contribution in [3.05, 3.63) is 0 Å². The number of rotatable bonds is 7. The van der Waals surface area contributed by atoms with E-state index in [-0.39, 0.29) is 0 Å². The molecule has 0 spiro atoms. The highest BCUT2D eigenvalue weighted by Gasteiger charge is 2.28. The highest BCUT2D eigenvalue weighted by molar-refractivity contribution is 4.84. The molecule has 0 aromatic heterocycles. The lowest BCUT2D eigenvalue weighted by atomic mass is 9.74. The molecule has 17 heavy (non-hydrogen) atoms. The summed E-state index contributed by atoms with van der Waals surface area (Å²) in [5, 5.41) is 3.79. The van der Waals surface area contributed by atoms with E-state index in [4.69, 9.17) is 0 Å². The molecule has 0 aliphatic heterocycles. The van der Waals surface area contributed by atoms with Gasteiger partial charge in [-0.05, 0) is 56.4 Å². The van der Waals surface area contributed by atoms with Gasteiger partial charge in [-0.25, -0.2) is 0 Å². The number of hydrogen-bond acceptors (Lipinski definition) is 1. The minimum absolute atomic E-state index is 0.811. The fourth-order valence-corrected chi connectivity index (χ4v) is 3.49. The van der Waals surface area contributed by atoms with Crippen LogP contribution in [-0.2, 0) is 0 Å². The van der Waals surface area contributed by atoms with Crippen LogP contribution in [-0.4, -0.2) is 12.6 Å². The molecule has 0 saturated heterocycles. The molecule has 0 aromatic carbocycles. The maximum Gasteiger partial charge on any atom is 0.00956 e. The molecule has 1 fully saturated rings. The van der Waals surface area contributed by atoms with Crippen LogP contribution >= 0.6 is 0 Å². The Balaban J connectivity index is 2.43. The molecule has 4 atom stereocenters. The Hall–Kier alpha value is -0.0400. The minimum atomic E-state index is 0.811. The van der Waals surface area contributed by atoms with Gasteiger partial charge in [0.05, 0.1) is 0 Å². The molecule has 1 nitrogen and oxygen atoms in total. The third-order valence-corrected chi connectivity index (χ3v) is 4.39. The molecule has 0 radical (unpaired) electrons. The van der Waals surface area contributed by atoms with Crippen LogP contribution in [0, 0.1) is 17.8 Å². The lowest BCUT2D eigenvalue weighted by Gasteiger charge is -2.37. The van der Waals surface area contributed by atoms with Gasteiger partial charge in [0.2, 0.25) is 0 Å². The van der Waals surface area contributed by atoms with Crippen molar-refractivity contribution in [2.24, 2.45) is 17.8 Å². The van der Waals surface area contributed by atoms with Crippen LogP contribution in [0.2, 0.25) is 0 Å². The van der Waals surface area contributed by atoms with E-state index in [2.05, 4.69) is 33.0 Å². The zero-order chi connectivity index (χ0) is 12.7. The molecule has 0 heterocycles. The number of hydrogen-bond donors (Lipinski definition) is 1. The molecule has 0 bridgehead atoms. The highest BCUT2D eigenvalue weighted by Crippen LogP contribution is 2.34. The van der Waals surface area contributed by atoms with Crippen LogP contribution in [0.1, 0.15) is 72.6 Å². The second-order valence-electron chi connectivity index (χ2n) is 6.37. The van der Waals surface area contributed by atoms with E-state index in [0.717, 1.165) is 23.8 Å². The molecule has 1 rings (SSSR count). The third kappa shape index (κ3) is 5.42. The van der Waals surface area contributed by atoms with Crippen LogP contribution in [0.4, 0.5) is 0 Å². The van der Waals surface area contributed by atoms with Crippen molar-refractivity contribution >= 4 is 0 Å². The van der Waals surface area contributed by atoms with Crippen LogP contribution in [0.5, 0.6) is 0 Å². The zero-order valence-electron chi connectivity index (χ0n) is 12.5. The van der Waals surface area contributed by atoms with Crippen molar-refractivity contribution in [1.29, 1.82) is 0 Å². The molecule has 1 saturated carbocycles. The van der Waals surface area contributed by atoms with Crippen molar-refractivity contribution in [2.45, 2.75) is 78.7 Å². The maximum absolute atomic E-state index is 3.79. The smallest absolute Gasteiger partial charge is 0.00956 e. The van der Waals surface area contributed by atoms with Gasteiger partial charge in [-0.3, -0.25) is 0 Å². The Morgan fingerprint density at radius 1 is 1.18 bits per heavy atom. The lowest BCUT2D eigenvalue weighted by molar-refractivity contribution is 0.181. The van der Waals surface area contributed by atoms with E-state index in [1.165, 1.54) is 51.5 Å². The standard InChI is InChI=1S/C16H33N/c1-5-7-13(3)11-15-12-14(4)8-9-16(15)17-10-6-2/h13-17H,5-12H2,1-4H3. The van der Waals surface area contributed by atoms with E-state index in [1.54, 1.807) is 0 Å². The SMILES string of the molecule is CCCNC1CCC(C)CC1CC(C)CCC. The summed E-state index contributed by atoms with van der Waals surface area (Å²) in [6.45, 7) is 10.7. The average molecular weight is 239 g/mol. The summed E-state index contributed by atoms with van der Waals surface area (Å²) >= 11 is 0. The lowest BCUT2D eigenvalue weighted by Crippen LogP contribution is -2.41. The van der Waals surface area contributed by atoms with Crippen molar-refractivity contribution in [1.82, 2.24) is 5.32 Å². The quantitative estimate of drug-likeness (QED) is 0.683. The van der Waals surface area contributed by atoms with Gasteiger partial charge in [0, 0.05) is 6.04 Å². The van der Waals surface area contributed by atoms with Crippen molar-refractivity contribution in [3.63, 3.8) is 0 Å². The van der Waals surface area contributed by atoms with E-state index in [1.807, 2.05) is 0 Å². The summed E-state index contributed by atoms with van der Waals surface area (Å²) in [7, 11) is 0. The van der Waals surface area contributed by atoms with Gasteiger partial charge in [0.15, 0.2) is 0 Å². The first-order chi connectivity index (χ1) is 8.17. The van der Waals surface area contributed by atoms with Gasteiger partial charge < -0.3 is 5.32 Å². The molecule has 0 amide bonds. The highest BCUT2D eigenvalue weighted by atomic mass is 14.9. The fraction of sp³-hybridized carbons (Fsp3) is 1.00. The van der Waals surface area contributed by atoms with Crippen LogP contribution in [0.3, 0.4) is 0 Å². The van der Waals surface area contributed by atoms with E-state index in [0.29, 0.717) is 0 Å². The zero-order valence-corrected chi connectivity index (χ0v) is 12.5. The minimum Gasteiger partial charge on any atom is -0.314 e. The van der Waals surface area contributed by atoms with Crippen molar-refractivity contribution < 1.29 is 0 Å². The first kappa shape index (κ1) is 15.0. The number of nitrogens with one attached hydrogen (secondary N) is 1. The van der Waals surface area contributed by atoms with Crippen LogP contribution < -0.4 is 5.32 Å². The van der Waals surface area contributed by atoms with Gasteiger partial charge in [-0.15, -0.1) is 0 Å². The first-order valence-corrected chi connectivity index (χ1v) is 7.90. The Bertz CT molecular complexity index is 188. The molecule has 1 heteroatoms. The fourth-order valence-electron chi connectivity index (χ4n) is 3.49. The van der Waals surface area contributed by atoms with Gasteiger partial charge in [-0.2, -0.15) is 0 Å². The summed E-state index contributed by atoms with van der Waals surface area (Å²) in [5.41, 5.74) is 0. The molecule has 4 unspecified atom stereocenters. The Kier molecular flexibility index (Phi) is 7.18. The topological polar surface area (TPSA) is 12.0 Å². The molecule has 1 N–H and O–H groups in total. The van der Waals surface area contributed by atoms with Crippen LogP contribution in [0.15, 0.2) is 0 Å². The summed E-state index contributed by atoms with van der Waals surface area (Å²) in [6.07, 6.45) is 9.75. The summed E-state index contributed by atoms with van der Waals surface area (Å²) in [6, 6.07) is 0.811. The van der Waals surface area contributed by atoms with Crippen molar-refractivity contribution in [3.8, 4) is 0 Å². The summed E-state index contributed by atoms with van der Waals surface area (Å²) < 4.78 is 0. The average Bonchev–Trinajstić information content (AvgIpc) is 2.28. The van der Waals surface area contributed by atoms with Gasteiger partial charge in [-0.1, -0.05) is 40.5 Å². The van der Waals surface area contributed by atoms with E-state index < -0.39 is 0 Å². The predicted molar refractivity (Wildman–Crippen MR) is 77.3 cm³/mol.